The molecule has 92 valence electrons. The number of aryl methyl sites for hydroxylation is 1. The molecular weight excluding hydrogens is 226 g/mol. The molecule has 0 bridgehead atoms. The lowest BCUT2D eigenvalue weighted by Gasteiger charge is -2.11. The summed E-state index contributed by atoms with van der Waals surface area (Å²) in [5.74, 6) is 0.369. The Hall–Kier alpha value is -0.810. The lowest BCUT2D eigenvalue weighted by molar-refractivity contribution is 0.189. The van der Waals surface area contributed by atoms with Crippen LogP contribution in [0.25, 0.3) is 0 Å². The molecule has 1 N–H and O–H groups in total. The van der Waals surface area contributed by atoms with Gasteiger partial charge in [-0.05, 0) is 25.5 Å². The third-order valence-corrected chi connectivity index (χ3v) is 4.29. The molecular formula is C11H19NO3S. The number of hydrogen-bond acceptors (Lipinski definition) is 3. The Morgan fingerprint density at radius 1 is 1.44 bits per heavy atom. The molecule has 16 heavy (non-hydrogen) atoms. The maximum atomic E-state index is 11.5. The van der Waals surface area contributed by atoms with Crippen molar-refractivity contribution >= 4 is 9.84 Å². The van der Waals surface area contributed by atoms with Crippen molar-refractivity contribution in [3.05, 3.63) is 24.0 Å². The molecule has 0 saturated carbocycles. The Balaban J connectivity index is 2.65. The van der Waals surface area contributed by atoms with Gasteiger partial charge in [0.25, 0.3) is 0 Å². The van der Waals surface area contributed by atoms with Gasteiger partial charge in [-0.3, -0.25) is 0 Å². The van der Waals surface area contributed by atoms with E-state index in [0.29, 0.717) is 13.0 Å². The molecule has 4 nitrogen and oxygen atoms in total. The van der Waals surface area contributed by atoms with Crippen LogP contribution in [0, 0.1) is 0 Å². The first-order valence-corrected chi connectivity index (χ1v) is 7.32. The first kappa shape index (κ1) is 13.3. The average molecular weight is 245 g/mol. The van der Waals surface area contributed by atoms with Crippen LogP contribution < -0.4 is 0 Å². The first-order valence-electron chi connectivity index (χ1n) is 5.50. The molecule has 0 saturated heterocycles. The molecule has 0 aromatic carbocycles. The third-order valence-electron chi connectivity index (χ3n) is 2.45. The summed E-state index contributed by atoms with van der Waals surface area (Å²) in [4.78, 5) is 0. The molecule has 1 rings (SSSR count). The second-order valence-corrected chi connectivity index (χ2v) is 6.26. The van der Waals surface area contributed by atoms with Crippen LogP contribution in [0.2, 0.25) is 0 Å². The van der Waals surface area contributed by atoms with Gasteiger partial charge in [0.1, 0.15) is 0 Å². The maximum absolute atomic E-state index is 11.5. The second-order valence-electron chi connectivity index (χ2n) is 3.95. The second kappa shape index (κ2) is 5.50. The van der Waals surface area contributed by atoms with Crippen molar-refractivity contribution in [3.8, 4) is 0 Å². The highest BCUT2D eigenvalue weighted by atomic mass is 32.2. The fourth-order valence-electron chi connectivity index (χ4n) is 1.66. The van der Waals surface area contributed by atoms with Gasteiger partial charge in [0.05, 0.1) is 11.9 Å². The Kier molecular flexibility index (Phi) is 4.56. The zero-order valence-corrected chi connectivity index (χ0v) is 10.6. The summed E-state index contributed by atoms with van der Waals surface area (Å²) in [5.41, 5.74) is 0.756. The number of nitrogens with zero attached hydrogens (tertiary/aromatic N) is 1. The SMILES string of the molecule is CCCS(=O)(=O)CCn1cccc1C(C)O. The van der Waals surface area contributed by atoms with Crippen molar-refractivity contribution in [1.82, 2.24) is 4.57 Å². The van der Waals surface area contributed by atoms with E-state index in [0.717, 1.165) is 5.69 Å². The van der Waals surface area contributed by atoms with Crippen molar-refractivity contribution in [2.24, 2.45) is 0 Å². The number of aliphatic hydroxyl groups is 1. The van der Waals surface area contributed by atoms with Gasteiger partial charge in [-0.15, -0.1) is 0 Å². The number of rotatable bonds is 6. The summed E-state index contributed by atoms with van der Waals surface area (Å²) in [6, 6.07) is 3.62. The fraction of sp³-hybridized carbons (Fsp3) is 0.636. The van der Waals surface area contributed by atoms with Crippen LogP contribution in [0.15, 0.2) is 18.3 Å². The predicted molar refractivity (Wildman–Crippen MR) is 64.0 cm³/mol. The Morgan fingerprint density at radius 3 is 2.69 bits per heavy atom. The average Bonchev–Trinajstić information content (AvgIpc) is 2.62. The largest absolute Gasteiger partial charge is 0.387 e. The van der Waals surface area contributed by atoms with Crippen molar-refractivity contribution in [2.75, 3.05) is 11.5 Å². The minimum absolute atomic E-state index is 0.134. The molecule has 5 heteroatoms. The van der Waals surface area contributed by atoms with Gasteiger partial charge < -0.3 is 9.67 Å². The van der Waals surface area contributed by atoms with Crippen LogP contribution in [-0.4, -0.2) is 29.6 Å². The highest BCUT2D eigenvalue weighted by Gasteiger charge is 2.12. The van der Waals surface area contributed by atoms with E-state index in [4.69, 9.17) is 0 Å². The van der Waals surface area contributed by atoms with Crippen LogP contribution in [0.3, 0.4) is 0 Å². The van der Waals surface area contributed by atoms with Gasteiger partial charge in [-0.2, -0.15) is 0 Å². The molecule has 0 spiro atoms. The van der Waals surface area contributed by atoms with E-state index >= 15 is 0 Å². The molecule has 1 heterocycles. The van der Waals surface area contributed by atoms with Crippen molar-refractivity contribution in [1.29, 1.82) is 0 Å². The molecule has 1 aromatic rings. The van der Waals surface area contributed by atoms with Crippen LogP contribution >= 0.6 is 0 Å². The minimum atomic E-state index is -2.95. The van der Waals surface area contributed by atoms with E-state index in [1.165, 1.54) is 0 Å². The molecule has 0 aliphatic rings. The van der Waals surface area contributed by atoms with Gasteiger partial charge in [-0.25, -0.2) is 8.42 Å². The van der Waals surface area contributed by atoms with E-state index in [1.807, 2.05) is 13.0 Å². The Bertz CT molecular complexity index is 420. The number of hydrogen-bond donors (Lipinski definition) is 1. The van der Waals surface area contributed by atoms with Gasteiger partial charge in [0, 0.05) is 24.2 Å². The number of sulfone groups is 1. The summed E-state index contributed by atoms with van der Waals surface area (Å²) in [6.07, 6.45) is 1.88. The number of aliphatic hydroxyl groups excluding tert-OH is 1. The van der Waals surface area contributed by atoms with E-state index < -0.39 is 15.9 Å². The highest BCUT2D eigenvalue weighted by Crippen LogP contribution is 2.13. The standard InChI is InChI=1S/C11H19NO3S/c1-3-8-16(14,15)9-7-12-6-4-5-11(12)10(2)13/h4-6,10,13H,3,7-9H2,1-2H3. The summed E-state index contributed by atoms with van der Waals surface area (Å²) in [6.45, 7) is 3.94. The number of aromatic nitrogens is 1. The van der Waals surface area contributed by atoms with Crippen LogP contribution in [-0.2, 0) is 16.4 Å². The predicted octanol–water partition coefficient (Wildman–Crippen LogP) is 1.37. The summed E-state index contributed by atoms with van der Waals surface area (Å²) in [5, 5.41) is 9.46. The van der Waals surface area contributed by atoms with E-state index in [9.17, 15) is 13.5 Å². The van der Waals surface area contributed by atoms with Crippen LogP contribution in [0.5, 0.6) is 0 Å². The lowest BCUT2D eigenvalue weighted by Crippen LogP contribution is -2.17. The van der Waals surface area contributed by atoms with Crippen LogP contribution in [0.4, 0.5) is 0 Å². The molecule has 0 aliphatic carbocycles. The maximum Gasteiger partial charge on any atom is 0.152 e. The van der Waals surface area contributed by atoms with Crippen molar-refractivity contribution in [3.63, 3.8) is 0 Å². The van der Waals surface area contributed by atoms with Crippen LogP contribution in [0.1, 0.15) is 32.1 Å². The topological polar surface area (TPSA) is 59.3 Å². The molecule has 1 atom stereocenters. The third kappa shape index (κ3) is 3.64. The van der Waals surface area contributed by atoms with Crippen molar-refractivity contribution in [2.45, 2.75) is 32.9 Å². The van der Waals surface area contributed by atoms with Gasteiger partial charge in [-0.1, -0.05) is 6.92 Å². The molecule has 0 fully saturated rings. The zero-order chi connectivity index (χ0) is 12.2. The molecule has 0 amide bonds. The van der Waals surface area contributed by atoms with E-state index in [1.54, 1.807) is 23.8 Å². The highest BCUT2D eigenvalue weighted by molar-refractivity contribution is 7.91. The Labute approximate surface area is 96.8 Å². The van der Waals surface area contributed by atoms with Gasteiger partial charge >= 0.3 is 0 Å². The summed E-state index contributed by atoms with van der Waals surface area (Å²) >= 11 is 0. The molecule has 1 unspecified atom stereocenters. The monoisotopic (exact) mass is 245 g/mol. The summed E-state index contributed by atoms with van der Waals surface area (Å²) < 4.78 is 24.9. The molecule has 0 radical (unpaired) electrons. The fourth-order valence-corrected chi connectivity index (χ4v) is 2.96. The smallest absolute Gasteiger partial charge is 0.152 e. The molecule has 0 aliphatic heterocycles. The zero-order valence-electron chi connectivity index (χ0n) is 9.76. The van der Waals surface area contributed by atoms with Crippen molar-refractivity contribution < 1.29 is 13.5 Å². The molecule has 1 aromatic heterocycles. The van der Waals surface area contributed by atoms with E-state index in [-0.39, 0.29) is 11.5 Å². The van der Waals surface area contributed by atoms with Gasteiger partial charge in [0.2, 0.25) is 0 Å². The lowest BCUT2D eigenvalue weighted by atomic mass is 10.3. The first-order chi connectivity index (χ1) is 7.46. The minimum Gasteiger partial charge on any atom is -0.387 e. The normalized spacial score (nSPS) is 13.9. The summed E-state index contributed by atoms with van der Waals surface area (Å²) in [7, 11) is -2.95. The van der Waals surface area contributed by atoms with Gasteiger partial charge in [0.15, 0.2) is 9.84 Å². The van der Waals surface area contributed by atoms with E-state index in [2.05, 4.69) is 0 Å². The Morgan fingerprint density at radius 2 is 2.12 bits per heavy atom. The quantitative estimate of drug-likeness (QED) is 0.823.